The number of aromatic nitrogens is 2. The molecule has 0 saturated heterocycles. The Labute approximate surface area is 201 Å². The molecule has 0 saturated carbocycles. The van der Waals surface area contributed by atoms with Crippen molar-refractivity contribution in [2.24, 2.45) is 4.99 Å². The molecule has 0 radical (unpaired) electrons. The number of nitrogens with zero attached hydrogens (tertiary/aromatic N) is 3. The van der Waals surface area contributed by atoms with E-state index in [0.717, 1.165) is 37.7 Å². The van der Waals surface area contributed by atoms with E-state index in [-0.39, 0.29) is 24.0 Å². The molecule has 1 unspecified atom stereocenters. The topological polar surface area (TPSA) is 54.2 Å². The monoisotopic (exact) mass is 537 g/mol. The summed E-state index contributed by atoms with van der Waals surface area (Å²) in [5, 5.41) is 6.88. The Hall–Kier alpha value is -1.87. The number of guanidine groups is 1. The highest BCUT2D eigenvalue weighted by atomic mass is 127. The average Bonchev–Trinajstić information content (AvgIpc) is 3.31. The van der Waals surface area contributed by atoms with Crippen molar-refractivity contribution in [3.05, 3.63) is 76.0 Å². The molecule has 2 heterocycles. The number of aliphatic imine (C=N–C) groups is 1. The van der Waals surface area contributed by atoms with Gasteiger partial charge >= 0.3 is 0 Å². The summed E-state index contributed by atoms with van der Waals surface area (Å²) in [6, 6.07) is 15.2. The third-order valence-corrected chi connectivity index (χ3v) is 5.66. The molecule has 162 valence electrons. The van der Waals surface area contributed by atoms with Gasteiger partial charge in [0, 0.05) is 60.7 Å². The van der Waals surface area contributed by atoms with E-state index in [1.165, 1.54) is 15.3 Å². The number of benzene rings is 1. The molecule has 1 aromatic carbocycles. The number of hydrogen-bond donors (Lipinski definition) is 2. The maximum absolute atomic E-state index is 4.77. The van der Waals surface area contributed by atoms with E-state index >= 15 is 0 Å². The minimum absolute atomic E-state index is 0. The van der Waals surface area contributed by atoms with E-state index in [1.54, 1.807) is 0 Å². The summed E-state index contributed by atoms with van der Waals surface area (Å²) in [5.74, 6) is 1.94. The summed E-state index contributed by atoms with van der Waals surface area (Å²) in [5.41, 5.74) is 1.28. The maximum Gasteiger partial charge on any atom is 0.191 e. The number of imidazole rings is 1. The predicted octanol–water partition coefficient (Wildman–Crippen LogP) is 4.65. The Morgan fingerprint density at radius 2 is 2.00 bits per heavy atom. The first-order valence-corrected chi connectivity index (χ1v) is 11.1. The van der Waals surface area contributed by atoms with E-state index in [9.17, 15) is 0 Å². The van der Waals surface area contributed by atoms with Crippen molar-refractivity contribution >= 4 is 41.3 Å². The van der Waals surface area contributed by atoms with Crippen LogP contribution in [0.5, 0.6) is 0 Å². The minimum Gasteiger partial charge on any atom is -0.357 e. The quantitative estimate of drug-likeness (QED) is 0.238. The molecular weight excluding hydrogens is 505 g/mol. The first kappa shape index (κ1) is 24.4. The molecule has 30 heavy (non-hydrogen) atoms. The van der Waals surface area contributed by atoms with Crippen LogP contribution in [0.15, 0.2) is 59.9 Å². The SMILES string of the molecule is CCNC(=NCCc1nccn1Cc1ccccc1)NC(C)Cc1ccc(C)s1.I. The smallest absolute Gasteiger partial charge is 0.191 e. The highest BCUT2D eigenvalue weighted by Crippen LogP contribution is 2.16. The van der Waals surface area contributed by atoms with Gasteiger partial charge in [-0.3, -0.25) is 4.99 Å². The number of rotatable bonds is 9. The van der Waals surface area contributed by atoms with E-state index < -0.39 is 0 Å². The van der Waals surface area contributed by atoms with Crippen LogP contribution in [-0.4, -0.2) is 34.6 Å². The van der Waals surface area contributed by atoms with Crippen molar-refractivity contribution in [3.63, 3.8) is 0 Å². The van der Waals surface area contributed by atoms with Gasteiger partial charge < -0.3 is 15.2 Å². The first-order valence-electron chi connectivity index (χ1n) is 10.3. The number of hydrogen-bond acceptors (Lipinski definition) is 3. The van der Waals surface area contributed by atoms with Crippen LogP contribution < -0.4 is 10.6 Å². The van der Waals surface area contributed by atoms with E-state index in [4.69, 9.17) is 4.99 Å². The fraction of sp³-hybridized carbons (Fsp3) is 0.391. The Balaban J connectivity index is 0.00000320. The lowest BCUT2D eigenvalue weighted by Crippen LogP contribution is -2.43. The molecule has 1 atom stereocenters. The normalized spacial score (nSPS) is 12.3. The van der Waals surface area contributed by atoms with Gasteiger partial charge in [0.2, 0.25) is 0 Å². The highest BCUT2D eigenvalue weighted by molar-refractivity contribution is 14.0. The highest BCUT2D eigenvalue weighted by Gasteiger charge is 2.08. The Morgan fingerprint density at radius 3 is 2.70 bits per heavy atom. The van der Waals surface area contributed by atoms with Gasteiger partial charge in [-0.05, 0) is 38.5 Å². The van der Waals surface area contributed by atoms with Gasteiger partial charge in [-0.15, -0.1) is 35.3 Å². The van der Waals surface area contributed by atoms with E-state index in [0.29, 0.717) is 12.6 Å². The lowest BCUT2D eigenvalue weighted by Gasteiger charge is -2.17. The van der Waals surface area contributed by atoms with Crippen LogP contribution >= 0.6 is 35.3 Å². The second-order valence-corrected chi connectivity index (χ2v) is 8.60. The van der Waals surface area contributed by atoms with Crippen molar-refractivity contribution < 1.29 is 0 Å². The summed E-state index contributed by atoms with van der Waals surface area (Å²) in [6.45, 7) is 8.84. The van der Waals surface area contributed by atoms with Gasteiger partial charge in [-0.1, -0.05) is 30.3 Å². The second-order valence-electron chi connectivity index (χ2n) is 7.23. The second kappa shape index (κ2) is 12.7. The summed E-state index contributed by atoms with van der Waals surface area (Å²) in [4.78, 5) is 12.1. The number of aryl methyl sites for hydroxylation is 1. The molecule has 2 N–H and O–H groups in total. The van der Waals surface area contributed by atoms with Crippen LogP contribution in [-0.2, 0) is 19.4 Å². The fourth-order valence-electron chi connectivity index (χ4n) is 3.26. The zero-order chi connectivity index (χ0) is 20.5. The average molecular weight is 538 g/mol. The Morgan fingerprint density at radius 1 is 1.20 bits per heavy atom. The van der Waals surface area contributed by atoms with Crippen molar-refractivity contribution in [2.75, 3.05) is 13.1 Å². The van der Waals surface area contributed by atoms with Crippen LogP contribution in [0.3, 0.4) is 0 Å². The molecule has 3 aromatic rings. The maximum atomic E-state index is 4.77. The molecule has 0 fully saturated rings. The van der Waals surface area contributed by atoms with Crippen LogP contribution in [0.1, 0.15) is 35.0 Å². The lowest BCUT2D eigenvalue weighted by atomic mass is 10.2. The standard InChI is InChI=1S/C23H31N5S.HI/c1-4-24-23(27-18(2)16-21-11-10-19(3)29-21)26-13-12-22-25-14-15-28(22)17-20-8-6-5-7-9-20;/h5-11,14-15,18H,4,12-13,16-17H2,1-3H3,(H2,24,26,27);1H. The van der Waals surface area contributed by atoms with E-state index in [2.05, 4.69) is 77.4 Å². The van der Waals surface area contributed by atoms with Crippen LogP contribution in [0.2, 0.25) is 0 Å². The minimum atomic E-state index is 0. The summed E-state index contributed by atoms with van der Waals surface area (Å²) < 4.78 is 2.20. The number of nitrogens with one attached hydrogen (secondary N) is 2. The molecule has 5 nitrogen and oxygen atoms in total. The lowest BCUT2D eigenvalue weighted by molar-refractivity contribution is 0.643. The molecule has 0 aliphatic heterocycles. The number of thiophene rings is 1. The fourth-order valence-corrected chi connectivity index (χ4v) is 4.28. The van der Waals surface area contributed by atoms with Gasteiger partial charge in [-0.2, -0.15) is 0 Å². The van der Waals surface area contributed by atoms with Crippen LogP contribution in [0.4, 0.5) is 0 Å². The molecule has 0 aliphatic rings. The van der Waals surface area contributed by atoms with Gasteiger partial charge in [0.05, 0.1) is 0 Å². The molecule has 0 bridgehead atoms. The van der Waals surface area contributed by atoms with Crippen molar-refractivity contribution in [2.45, 2.75) is 46.2 Å². The molecule has 0 amide bonds. The van der Waals surface area contributed by atoms with Crippen LogP contribution in [0.25, 0.3) is 0 Å². The van der Waals surface area contributed by atoms with Gasteiger partial charge in [0.1, 0.15) is 5.82 Å². The van der Waals surface area contributed by atoms with E-state index in [1.807, 2.05) is 29.8 Å². The molecule has 3 rings (SSSR count). The zero-order valence-corrected chi connectivity index (χ0v) is 21.1. The van der Waals surface area contributed by atoms with Gasteiger partial charge in [-0.25, -0.2) is 4.98 Å². The molecule has 2 aromatic heterocycles. The molecule has 7 heteroatoms. The first-order chi connectivity index (χ1) is 14.1. The van der Waals surface area contributed by atoms with Crippen molar-refractivity contribution in [1.82, 2.24) is 20.2 Å². The predicted molar refractivity (Wildman–Crippen MR) is 138 cm³/mol. The molecular formula is C23H32IN5S. The summed E-state index contributed by atoms with van der Waals surface area (Å²) >= 11 is 1.86. The van der Waals surface area contributed by atoms with Crippen LogP contribution in [0, 0.1) is 6.92 Å². The zero-order valence-electron chi connectivity index (χ0n) is 18.0. The molecule has 0 spiro atoms. The number of halogens is 1. The summed E-state index contributed by atoms with van der Waals surface area (Å²) in [6.07, 6.45) is 5.73. The largest absolute Gasteiger partial charge is 0.357 e. The van der Waals surface area contributed by atoms with Gasteiger partial charge in [0.15, 0.2) is 5.96 Å². The van der Waals surface area contributed by atoms with Crippen molar-refractivity contribution in [3.8, 4) is 0 Å². The Kier molecular flexibility index (Phi) is 10.4. The third-order valence-electron chi connectivity index (χ3n) is 4.63. The van der Waals surface area contributed by atoms with Gasteiger partial charge in [0.25, 0.3) is 0 Å². The third kappa shape index (κ3) is 7.75. The van der Waals surface area contributed by atoms with Crippen molar-refractivity contribution in [1.29, 1.82) is 0 Å². The molecule has 0 aliphatic carbocycles. The summed E-state index contributed by atoms with van der Waals surface area (Å²) in [7, 11) is 0. The Bertz CT molecular complexity index is 903.